The van der Waals surface area contributed by atoms with Crippen LogP contribution in [0.2, 0.25) is 0 Å². The molecule has 2 aromatic rings. The Balaban J connectivity index is 2.42. The molecule has 1 aromatic carbocycles. The molecule has 0 saturated carbocycles. The number of esters is 1. The van der Waals surface area contributed by atoms with Crippen LogP contribution in [0.3, 0.4) is 0 Å². The molecule has 18 heavy (non-hydrogen) atoms. The summed E-state index contributed by atoms with van der Waals surface area (Å²) in [6.45, 7) is 6.33. The molecule has 2 rings (SSSR count). The lowest BCUT2D eigenvalue weighted by molar-refractivity contribution is -0.147. The third kappa shape index (κ3) is 2.26. The lowest BCUT2D eigenvalue weighted by Gasteiger charge is -2.16. The molecular formula is C15H19NO2. The van der Waals surface area contributed by atoms with Crippen molar-refractivity contribution in [3.05, 3.63) is 36.0 Å². The fourth-order valence-corrected chi connectivity index (χ4v) is 2.27. The number of carbonyl (C=O) groups is 1. The zero-order chi connectivity index (χ0) is 13.1. The fraction of sp³-hybridized carbons (Fsp3) is 0.400. The molecule has 0 aliphatic rings. The molecule has 0 amide bonds. The minimum atomic E-state index is -0.231. The van der Waals surface area contributed by atoms with Crippen molar-refractivity contribution in [1.29, 1.82) is 0 Å². The van der Waals surface area contributed by atoms with Gasteiger partial charge in [0.25, 0.3) is 0 Å². The third-order valence-electron chi connectivity index (χ3n) is 3.16. The van der Waals surface area contributed by atoms with Crippen LogP contribution >= 0.6 is 0 Å². The van der Waals surface area contributed by atoms with Gasteiger partial charge in [-0.15, -0.1) is 0 Å². The lowest BCUT2D eigenvalue weighted by atomic mass is 10.1. The van der Waals surface area contributed by atoms with Crippen LogP contribution in [0.4, 0.5) is 0 Å². The first kappa shape index (κ1) is 12.7. The van der Waals surface area contributed by atoms with Gasteiger partial charge in [-0.3, -0.25) is 0 Å². The number of carbonyl (C=O) groups excluding carboxylic acids is 1. The van der Waals surface area contributed by atoms with Crippen LogP contribution in [0.25, 0.3) is 10.9 Å². The van der Waals surface area contributed by atoms with Gasteiger partial charge in [-0.2, -0.15) is 0 Å². The molecular weight excluding hydrogens is 226 g/mol. The largest absolute Gasteiger partial charge is 0.464 e. The van der Waals surface area contributed by atoms with Crippen LogP contribution < -0.4 is 0 Å². The molecule has 0 N–H and O–H groups in total. The normalized spacial score (nSPS) is 12.6. The van der Waals surface area contributed by atoms with E-state index in [1.54, 1.807) is 0 Å². The molecule has 0 spiro atoms. The predicted octanol–water partition coefficient (Wildman–Crippen LogP) is 3.46. The van der Waals surface area contributed by atoms with Gasteiger partial charge in [-0.05, 0) is 43.9 Å². The lowest BCUT2D eigenvalue weighted by Crippen LogP contribution is -2.20. The first-order chi connectivity index (χ1) is 8.67. The van der Waals surface area contributed by atoms with E-state index >= 15 is 0 Å². The summed E-state index contributed by atoms with van der Waals surface area (Å²) in [4.78, 5) is 11.9. The fourth-order valence-electron chi connectivity index (χ4n) is 2.27. The van der Waals surface area contributed by atoms with Crippen LogP contribution in [-0.4, -0.2) is 17.1 Å². The number of aromatic nitrogens is 1. The molecule has 3 heteroatoms. The highest BCUT2D eigenvalue weighted by Crippen LogP contribution is 2.24. The summed E-state index contributed by atoms with van der Waals surface area (Å²) in [5.41, 5.74) is 2.31. The summed E-state index contributed by atoms with van der Waals surface area (Å²) in [7, 11) is 0. The number of nitrogens with zero attached hydrogens (tertiary/aromatic N) is 1. The van der Waals surface area contributed by atoms with E-state index < -0.39 is 0 Å². The van der Waals surface area contributed by atoms with Crippen molar-refractivity contribution in [3.63, 3.8) is 0 Å². The summed E-state index contributed by atoms with van der Waals surface area (Å²) < 4.78 is 7.14. The van der Waals surface area contributed by atoms with E-state index in [0.717, 1.165) is 17.3 Å². The van der Waals surface area contributed by atoms with E-state index in [1.165, 1.54) is 5.56 Å². The van der Waals surface area contributed by atoms with Gasteiger partial charge in [0.05, 0.1) is 6.61 Å². The molecule has 1 heterocycles. The molecule has 1 atom stereocenters. The van der Waals surface area contributed by atoms with Crippen molar-refractivity contribution in [2.45, 2.75) is 33.2 Å². The monoisotopic (exact) mass is 245 g/mol. The molecule has 1 aromatic heterocycles. The maximum absolute atomic E-state index is 11.9. The van der Waals surface area contributed by atoms with Gasteiger partial charge >= 0.3 is 5.97 Å². The van der Waals surface area contributed by atoms with E-state index in [2.05, 4.69) is 25.1 Å². The molecule has 1 unspecified atom stereocenters. The van der Waals surface area contributed by atoms with Gasteiger partial charge in [-0.25, -0.2) is 4.79 Å². The van der Waals surface area contributed by atoms with Crippen LogP contribution in [0.5, 0.6) is 0 Å². The standard InChI is InChI=1S/C15H19NO2/c1-4-13(15(17)18-5-2)16-9-8-12-10-11(3)6-7-14(12)16/h6-10,13H,4-5H2,1-3H3. The molecule has 96 valence electrons. The summed E-state index contributed by atoms with van der Waals surface area (Å²) in [5, 5.41) is 1.16. The minimum Gasteiger partial charge on any atom is -0.464 e. The highest BCUT2D eigenvalue weighted by Gasteiger charge is 2.20. The van der Waals surface area contributed by atoms with Crippen molar-refractivity contribution >= 4 is 16.9 Å². The van der Waals surface area contributed by atoms with E-state index in [4.69, 9.17) is 4.74 Å². The Kier molecular flexibility index (Phi) is 3.70. The van der Waals surface area contributed by atoms with Crippen molar-refractivity contribution in [2.75, 3.05) is 6.61 Å². The Bertz CT molecular complexity index is 557. The number of hydrogen-bond acceptors (Lipinski definition) is 2. The quantitative estimate of drug-likeness (QED) is 0.772. The van der Waals surface area contributed by atoms with Crippen molar-refractivity contribution < 1.29 is 9.53 Å². The Hall–Kier alpha value is -1.77. The van der Waals surface area contributed by atoms with Crippen LogP contribution in [0.1, 0.15) is 31.9 Å². The second-order valence-corrected chi connectivity index (χ2v) is 4.46. The smallest absolute Gasteiger partial charge is 0.329 e. The summed E-state index contributed by atoms with van der Waals surface area (Å²) in [6, 6.07) is 8.07. The topological polar surface area (TPSA) is 31.2 Å². The molecule has 0 saturated heterocycles. The number of hydrogen-bond donors (Lipinski definition) is 0. The third-order valence-corrected chi connectivity index (χ3v) is 3.16. The molecule has 0 radical (unpaired) electrons. The molecule has 0 fully saturated rings. The van der Waals surface area contributed by atoms with Gasteiger partial charge in [0.2, 0.25) is 0 Å². The highest BCUT2D eigenvalue weighted by atomic mass is 16.5. The molecule has 0 bridgehead atoms. The van der Waals surface area contributed by atoms with Gasteiger partial charge < -0.3 is 9.30 Å². The van der Waals surface area contributed by atoms with Crippen LogP contribution in [-0.2, 0) is 9.53 Å². The SMILES string of the molecule is CCOC(=O)C(CC)n1ccc2cc(C)ccc21. The Morgan fingerprint density at radius 1 is 1.33 bits per heavy atom. The van der Waals surface area contributed by atoms with Gasteiger partial charge in [0.1, 0.15) is 6.04 Å². The van der Waals surface area contributed by atoms with Crippen LogP contribution in [0.15, 0.2) is 30.5 Å². The van der Waals surface area contributed by atoms with Crippen molar-refractivity contribution in [3.8, 4) is 0 Å². The van der Waals surface area contributed by atoms with Crippen molar-refractivity contribution in [1.82, 2.24) is 4.57 Å². The zero-order valence-electron chi connectivity index (χ0n) is 11.1. The molecule has 0 aliphatic heterocycles. The molecule has 0 aliphatic carbocycles. The summed E-state index contributed by atoms with van der Waals surface area (Å²) in [5.74, 6) is -0.155. The van der Waals surface area contributed by atoms with E-state index in [-0.39, 0.29) is 12.0 Å². The number of aryl methyl sites for hydroxylation is 1. The first-order valence-corrected chi connectivity index (χ1v) is 6.41. The zero-order valence-corrected chi connectivity index (χ0v) is 11.1. The number of benzene rings is 1. The highest BCUT2D eigenvalue weighted by molar-refractivity contribution is 5.84. The minimum absolute atomic E-state index is 0.155. The summed E-state index contributed by atoms with van der Waals surface area (Å²) >= 11 is 0. The maximum atomic E-state index is 11.9. The van der Waals surface area contributed by atoms with Gasteiger partial charge in [0, 0.05) is 11.7 Å². The Morgan fingerprint density at radius 3 is 2.78 bits per heavy atom. The van der Waals surface area contributed by atoms with Crippen LogP contribution in [0, 0.1) is 6.92 Å². The van der Waals surface area contributed by atoms with E-state index in [1.807, 2.05) is 30.7 Å². The number of fused-ring (bicyclic) bond motifs is 1. The number of rotatable bonds is 4. The predicted molar refractivity (Wildman–Crippen MR) is 72.6 cm³/mol. The second-order valence-electron chi connectivity index (χ2n) is 4.46. The molecule has 3 nitrogen and oxygen atoms in total. The van der Waals surface area contributed by atoms with E-state index in [9.17, 15) is 4.79 Å². The Labute approximate surface area is 107 Å². The average Bonchev–Trinajstić information content (AvgIpc) is 2.73. The van der Waals surface area contributed by atoms with Gasteiger partial charge in [0.15, 0.2) is 0 Å². The maximum Gasteiger partial charge on any atom is 0.329 e. The average molecular weight is 245 g/mol. The summed E-state index contributed by atoms with van der Waals surface area (Å²) in [6.07, 6.45) is 2.70. The Morgan fingerprint density at radius 2 is 2.11 bits per heavy atom. The second kappa shape index (κ2) is 5.25. The van der Waals surface area contributed by atoms with Gasteiger partial charge in [-0.1, -0.05) is 18.6 Å². The van der Waals surface area contributed by atoms with E-state index in [0.29, 0.717) is 6.61 Å². The first-order valence-electron chi connectivity index (χ1n) is 6.41. The number of ether oxygens (including phenoxy) is 1. The van der Waals surface area contributed by atoms with Crippen molar-refractivity contribution in [2.24, 2.45) is 0 Å².